The molecule has 49 heavy (non-hydrogen) atoms. The Morgan fingerprint density at radius 1 is 1.18 bits per heavy atom. The summed E-state index contributed by atoms with van der Waals surface area (Å²) < 4.78 is 11.0. The third kappa shape index (κ3) is 6.48. The molecule has 2 bridgehead atoms. The zero-order chi connectivity index (χ0) is 34.2. The highest BCUT2D eigenvalue weighted by Gasteiger charge is 2.69. The van der Waals surface area contributed by atoms with Gasteiger partial charge in [0.2, 0.25) is 5.70 Å². The van der Waals surface area contributed by atoms with E-state index in [1.807, 2.05) is 25.1 Å². The van der Waals surface area contributed by atoms with Crippen LogP contribution in [0.5, 0.6) is 11.5 Å². The number of benzene rings is 1. The Balaban J connectivity index is 1.05. The molecule has 0 amide bonds. The van der Waals surface area contributed by atoms with E-state index in [1.165, 1.54) is 50.9 Å². The first-order valence-electron chi connectivity index (χ1n) is 19.0. The van der Waals surface area contributed by atoms with E-state index >= 15 is 0 Å². The van der Waals surface area contributed by atoms with E-state index in [4.69, 9.17) is 14.5 Å². The van der Waals surface area contributed by atoms with Crippen molar-refractivity contribution in [3.8, 4) is 11.5 Å². The molecule has 1 aromatic rings. The molecule has 5 aliphatic carbocycles. The van der Waals surface area contributed by atoms with Gasteiger partial charge in [-0.15, -0.1) is 16.6 Å². The first kappa shape index (κ1) is 34.7. The van der Waals surface area contributed by atoms with E-state index in [0.717, 1.165) is 61.6 Å². The number of hydrogen-bond donors (Lipinski definition) is 5. The number of nitrogens with one attached hydrogen (secondary N) is 1. The van der Waals surface area contributed by atoms with E-state index < -0.39 is 12.2 Å². The zero-order valence-corrected chi connectivity index (χ0v) is 29.4. The van der Waals surface area contributed by atoms with Crippen LogP contribution < -0.4 is 10.1 Å². The summed E-state index contributed by atoms with van der Waals surface area (Å²) in [6.07, 6.45) is 22.3. The van der Waals surface area contributed by atoms with Crippen LogP contribution in [-0.4, -0.2) is 75.5 Å². The number of phenolic OH excluding ortho intramolecular Hbond substituents is 1. The second-order valence-corrected chi connectivity index (χ2v) is 15.7. The second-order valence-electron chi connectivity index (χ2n) is 15.7. The van der Waals surface area contributed by atoms with E-state index in [0.29, 0.717) is 23.9 Å². The lowest BCUT2D eigenvalue weighted by atomic mass is 9.52. The van der Waals surface area contributed by atoms with Crippen LogP contribution in [0.4, 0.5) is 0 Å². The number of ether oxygens (including phenoxy) is 2. The van der Waals surface area contributed by atoms with Gasteiger partial charge in [-0.2, -0.15) is 0 Å². The van der Waals surface area contributed by atoms with Crippen LogP contribution in [0.3, 0.4) is 0 Å². The van der Waals surface area contributed by atoms with Gasteiger partial charge in [0.1, 0.15) is 24.7 Å². The van der Waals surface area contributed by atoms with Crippen LogP contribution in [0, 0.1) is 40.6 Å². The Labute approximate surface area is 292 Å². The molecule has 0 saturated heterocycles. The summed E-state index contributed by atoms with van der Waals surface area (Å²) in [6.45, 7) is 5.36. The minimum absolute atomic E-state index is 0.00825. The summed E-state index contributed by atoms with van der Waals surface area (Å²) in [7, 11) is 0. The highest BCUT2D eigenvalue weighted by molar-refractivity contribution is 6.06. The van der Waals surface area contributed by atoms with Gasteiger partial charge in [-0.1, -0.05) is 50.8 Å². The number of aliphatic hydroxyl groups is 5. The summed E-state index contributed by atoms with van der Waals surface area (Å²) in [4.78, 5) is 5.23. The summed E-state index contributed by atoms with van der Waals surface area (Å²) in [5.41, 5.74) is 4.11. The number of unbranched alkanes of at least 4 members (excludes halogenated alkanes) is 1. The van der Waals surface area contributed by atoms with Crippen molar-refractivity contribution in [1.29, 1.82) is 0 Å². The Kier molecular flexibility index (Phi) is 10.2. The lowest BCUT2D eigenvalue weighted by Gasteiger charge is -2.50. The van der Waals surface area contributed by atoms with Gasteiger partial charge in [0.05, 0.1) is 18.1 Å². The second kappa shape index (κ2) is 14.5. The molecule has 8 rings (SSSR count). The number of hydrogen-bond acceptors (Lipinski definition) is 7. The lowest BCUT2D eigenvalue weighted by Crippen LogP contribution is -2.48. The third-order valence-corrected chi connectivity index (χ3v) is 12.7. The van der Waals surface area contributed by atoms with Gasteiger partial charge in [0.25, 0.3) is 0 Å². The van der Waals surface area contributed by atoms with Crippen LogP contribution >= 0.6 is 0 Å². The molecule has 3 fully saturated rings. The van der Waals surface area contributed by atoms with Gasteiger partial charge in [0.15, 0.2) is 23.3 Å². The molecular formula is C41H57N2O6+. The van der Waals surface area contributed by atoms with Crippen LogP contribution in [0.25, 0.3) is 0 Å². The van der Waals surface area contributed by atoms with E-state index in [2.05, 4.69) is 30.5 Å². The van der Waals surface area contributed by atoms with Crippen molar-refractivity contribution < 1.29 is 29.9 Å². The van der Waals surface area contributed by atoms with Crippen LogP contribution in [0.1, 0.15) is 90.0 Å². The van der Waals surface area contributed by atoms with E-state index in [-0.39, 0.29) is 47.7 Å². The fraction of sp³-hybridized carbons (Fsp3) is 0.634. The Morgan fingerprint density at radius 2 is 2.02 bits per heavy atom. The molecule has 266 valence electrons. The van der Waals surface area contributed by atoms with Crippen molar-refractivity contribution in [1.82, 2.24) is 5.32 Å². The van der Waals surface area contributed by atoms with Gasteiger partial charge in [0, 0.05) is 37.5 Å². The number of allylic oxidation sites excluding steroid dienone is 3. The smallest absolute Gasteiger partial charge is 0.208 e. The van der Waals surface area contributed by atoms with Crippen LogP contribution in [0.15, 0.2) is 58.8 Å². The molecule has 2 aliphatic heterocycles. The molecule has 6 N–H and O–H groups in total. The van der Waals surface area contributed by atoms with Gasteiger partial charge >= 0.3 is 0 Å². The molecule has 2 spiro atoms. The Hall–Kier alpha value is -2.75. The standard InChI is InChI=1S/C41H56N2O6/c1-3-4-8-36-28(24-44)20-29(49-36)12-10-27-11-13-34(46)37(19-27)48-25-35(47)33-21-30-32(23-42-22-26(2)45)41-17-7-9-38(41)40(15-5-6-16-40)31(14-18-41)39(30)43-33/h11,13-14,18-21,26,31-32,35-36,38,42,44-45,47,49H,3-10,12,15-17,22-25H2,1-2H3/p+1/t26-,31-,32+,35-,36?,38+,41+/m0/s1. The fourth-order valence-corrected chi connectivity index (χ4v) is 10.5. The van der Waals surface area contributed by atoms with E-state index in [1.54, 1.807) is 6.07 Å². The predicted octanol–water partition coefficient (Wildman–Crippen LogP) is 5.66. The van der Waals surface area contributed by atoms with Crippen molar-refractivity contribution in [3.63, 3.8) is 0 Å². The maximum atomic E-state index is 11.5. The molecule has 7 aliphatic rings. The minimum Gasteiger partial charge on any atom is -0.504 e. The summed E-state index contributed by atoms with van der Waals surface area (Å²) in [5, 5.41) is 45.6. The highest BCUT2D eigenvalue weighted by atomic mass is 16.5. The van der Waals surface area contributed by atoms with Crippen molar-refractivity contribution >= 4 is 5.71 Å². The molecule has 2 heterocycles. The van der Waals surface area contributed by atoms with Crippen molar-refractivity contribution in [2.75, 3.05) is 26.3 Å². The molecule has 1 unspecified atom stereocenters. The van der Waals surface area contributed by atoms with Crippen molar-refractivity contribution in [2.24, 2.45) is 33.6 Å². The number of aryl methyl sites for hydroxylation is 1. The van der Waals surface area contributed by atoms with Gasteiger partial charge in [-0.25, -0.2) is 0 Å². The first-order valence-corrected chi connectivity index (χ1v) is 19.0. The molecule has 8 heteroatoms. The average molecular weight is 674 g/mol. The van der Waals surface area contributed by atoms with Gasteiger partial charge in [-0.05, 0) is 80.9 Å². The molecule has 7 atom stereocenters. The summed E-state index contributed by atoms with van der Waals surface area (Å²) >= 11 is 0. The maximum absolute atomic E-state index is 11.5. The number of phenols is 1. The van der Waals surface area contributed by atoms with Crippen LogP contribution in [-0.2, 0) is 6.42 Å². The number of aliphatic hydroxyl groups excluding tert-OH is 3. The quantitative estimate of drug-likeness (QED) is 0.0929. The SMILES string of the molecule is CCCCC1[OH+][C-](CCc2ccc(O)c(OC[C@H](O)C3=C[C+]4C(=N3)[C@@H]3C=C[C@]5(CCC[C@@H]5C35CCCC5)[C@@H]4CNC[C@H](C)O)c2)C=C1CO. The van der Waals surface area contributed by atoms with Crippen molar-refractivity contribution in [2.45, 2.75) is 109 Å². The maximum Gasteiger partial charge on any atom is 0.208 e. The largest absolute Gasteiger partial charge is 0.504 e. The molecular weight excluding hydrogens is 616 g/mol. The highest BCUT2D eigenvalue weighted by Crippen LogP contribution is 2.71. The molecule has 0 aromatic heterocycles. The average Bonchev–Trinajstić information content (AvgIpc) is 3.90. The monoisotopic (exact) mass is 673 g/mol. The Bertz CT molecular complexity index is 1460. The third-order valence-electron chi connectivity index (χ3n) is 12.7. The summed E-state index contributed by atoms with van der Waals surface area (Å²) in [5.74, 6) is 2.80. The normalized spacial score (nSPS) is 30.7. The van der Waals surface area contributed by atoms with Gasteiger partial charge in [-0.3, -0.25) is 0 Å². The summed E-state index contributed by atoms with van der Waals surface area (Å²) in [6, 6.07) is 5.41. The lowest BCUT2D eigenvalue weighted by molar-refractivity contribution is -0.0550. The number of aliphatic imine (C=N–C) groups is 1. The van der Waals surface area contributed by atoms with Crippen molar-refractivity contribution in [3.05, 3.63) is 71.4 Å². The predicted molar refractivity (Wildman–Crippen MR) is 192 cm³/mol. The first-order chi connectivity index (χ1) is 23.8. The fourth-order valence-electron chi connectivity index (χ4n) is 10.5. The molecule has 8 nitrogen and oxygen atoms in total. The Morgan fingerprint density at radius 3 is 2.80 bits per heavy atom. The van der Waals surface area contributed by atoms with Gasteiger partial charge < -0.3 is 35.2 Å². The number of rotatable bonds is 15. The molecule has 1 aromatic carbocycles. The topological polar surface area (TPSA) is 127 Å². The zero-order valence-electron chi connectivity index (χ0n) is 29.4. The number of aromatic hydroxyl groups is 1. The number of nitrogens with zero attached hydrogens (tertiary/aromatic N) is 1. The molecule has 3 saturated carbocycles. The molecule has 0 radical (unpaired) electrons. The van der Waals surface area contributed by atoms with E-state index in [9.17, 15) is 20.4 Å². The minimum atomic E-state index is -0.935. The van der Waals surface area contributed by atoms with Crippen LogP contribution in [0.2, 0.25) is 0 Å².